The van der Waals surface area contributed by atoms with Gasteiger partial charge in [-0.3, -0.25) is 9.78 Å². The molecule has 1 aliphatic carbocycles. The molecule has 114 valence electrons. The number of nitrogens with one attached hydrogen (secondary N) is 2. The second kappa shape index (κ2) is 4.41. The Kier molecular flexibility index (Phi) is 2.46. The number of fused-ring (bicyclic) bond motifs is 3. The van der Waals surface area contributed by atoms with Gasteiger partial charge in [-0.05, 0) is 42.7 Å². The first-order chi connectivity index (χ1) is 11.3. The first-order valence-electron chi connectivity index (χ1n) is 8.02. The van der Waals surface area contributed by atoms with E-state index in [1.165, 1.54) is 0 Å². The van der Waals surface area contributed by atoms with Gasteiger partial charge in [0.2, 0.25) is 5.91 Å². The Morgan fingerprint density at radius 3 is 2.65 bits per heavy atom. The predicted octanol–water partition coefficient (Wildman–Crippen LogP) is 3.39. The summed E-state index contributed by atoms with van der Waals surface area (Å²) in [5.41, 5.74) is 4.63. The Morgan fingerprint density at radius 2 is 1.87 bits per heavy atom. The van der Waals surface area contributed by atoms with Crippen LogP contribution in [-0.4, -0.2) is 20.9 Å². The Morgan fingerprint density at radius 1 is 1.09 bits per heavy atom. The van der Waals surface area contributed by atoms with Crippen LogP contribution in [0.1, 0.15) is 31.2 Å². The third-order valence-corrected chi connectivity index (χ3v) is 5.23. The maximum atomic E-state index is 12.5. The average Bonchev–Trinajstić information content (AvgIpc) is 3.27. The molecule has 1 amide bonds. The summed E-state index contributed by atoms with van der Waals surface area (Å²) < 4.78 is 0. The predicted molar refractivity (Wildman–Crippen MR) is 88.1 cm³/mol. The number of pyridine rings is 1. The number of hydrogen-bond donors (Lipinski definition) is 2. The molecule has 2 aliphatic rings. The van der Waals surface area contributed by atoms with Crippen molar-refractivity contribution in [3.8, 4) is 11.4 Å². The number of aromatic nitrogens is 3. The van der Waals surface area contributed by atoms with Crippen molar-refractivity contribution in [2.24, 2.45) is 0 Å². The zero-order valence-electron chi connectivity index (χ0n) is 12.6. The number of anilines is 1. The average molecular weight is 304 g/mol. The minimum atomic E-state index is -0.314. The summed E-state index contributed by atoms with van der Waals surface area (Å²) in [6, 6.07) is 7.99. The van der Waals surface area contributed by atoms with E-state index in [1.807, 2.05) is 18.2 Å². The molecule has 1 spiro atoms. The highest BCUT2D eigenvalue weighted by Gasteiger charge is 2.48. The quantitative estimate of drug-likeness (QED) is 0.724. The van der Waals surface area contributed by atoms with E-state index < -0.39 is 0 Å². The zero-order valence-corrected chi connectivity index (χ0v) is 12.6. The number of H-pyrrole nitrogens is 1. The fourth-order valence-electron chi connectivity index (χ4n) is 4.04. The number of amides is 1. The van der Waals surface area contributed by atoms with Gasteiger partial charge in [0.15, 0.2) is 0 Å². The lowest BCUT2D eigenvalue weighted by Crippen LogP contribution is -2.30. The molecule has 1 fully saturated rings. The minimum absolute atomic E-state index is 0.159. The summed E-state index contributed by atoms with van der Waals surface area (Å²) in [6.07, 6.45) is 7.66. The molecule has 3 aromatic rings. The Labute approximate surface area is 133 Å². The summed E-state index contributed by atoms with van der Waals surface area (Å²) in [4.78, 5) is 24.6. The van der Waals surface area contributed by atoms with Crippen LogP contribution in [0.3, 0.4) is 0 Å². The summed E-state index contributed by atoms with van der Waals surface area (Å²) in [5, 5.41) is 3.07. The molecule has 0 saturated heterocycles. The van der Waals surface area contributed by atoms with Crippen molar-refractivity contribution in [1.29, 1.82) is 0 Å². The van der Waals surface area contributed by atoms with Gasteiger partial charge in [-0.15, -0.1) is 0 Å². The summed E-state index contributed by atoms with van der Waals surface area (Å²) in [6.45, 7) is 0. The number of carbonyl (C=O) groups excluding carboxylic acids is 1. The third kappa shape index (κ3) is 1.70. The molecule has 1 aliphatic heterocycles. The van der Waals surface area contributed by atoms with Crippen molar-refractivity contribution in [3.63, 3.8) is 0 Å². The molecule has 5 rings (SSSR count). The number of hydrogen-bond acceptors (Lipinski definition) is 3. The van der Waals surface area contributed by atoms with Gasteiger partial charge in [-0.1, -0.05) is 12.8 Å². The maximum Gasteiger partial charge on any atom is 0.235 e. The monoisotopic (exact) mass is 304 g/mol. The fraction of sp³-hybridized carbons (Fsp3) is 0.278. The summed E-state index contributed by atoms with van der Waals surface area (Å²) in [5.74, 6) is 0.991. The second-order valence-electron chi connectivity index (χ2n) is 6.48. The van der Waals surface area contributed by atoms with Gasteiger partial charge in [0.1, 0.15) is 5.82 Å². The van der Waals surface area contributed by atoms with Gasteiger partial charge in [0, 0.05) is 23.6 Å². The van der Waals surface area contributed by atoms with Crippen LogP contribution in [0.5, 0.6) is 0 Å². The molecular formula is C18H16N4O. The van der Waals surface area contributed by atoms with Crippen LogP contribution in [0, 0.1) is 0 Å². The molecule has 23 heavy (non-hydrogen) atoms. The van der Waals surface area contributed by atoms with Crippen LogP contribution in [0.2, 0.25) is 0 Å². The second-order valence-corrected chi connectivity index (χ2v) is 6.48. The minimum Gasteiger partial charge on any atom is -0.338 e. The van der Waals surface area contributed by atoms with E-state index in [9.17, 15) is 4.79 Å². The zero-order chi connectivity index (χ0) is 15.4. The highest BCUT2D eigenvalue weighted by atomic mass is 16.2. The molecule has 1 aromatic carbocycles. The molecule has 3 heterocycles. The van der Waals surface area contributed by atoms with Crippen LogP contribution in [0.25, 0.3) is 22.4 Å². The topological polar surface area (TPSA) is 70.7 Å². The molecule has 5 nitrogen and oxygen atoms in total. The number of aromatic amines is 1. The first-order valence-corrected chi connectivity index (χ1v) is 8.02. The highest BCUT2D eigenvalue weighted by Crippen LogP contribution is 2.49. The van der Waals surface area contributed by atoms with Crippen molar-refractivity contribution in [1.82, 2.24) is 15.0 Å². The van der Waals surface area contributed by atoms with Crippen molar-refractivity contribution >= 4 is 22.6 Å². The fourth-order valence-corrected chi connectivity index (χ4v) is 4.04. The Balaban J connectivity index is 1.68. The normalized spacial score (nSPS) is 18.5. The molecule has 1 saturated carbocycles. The van der Waals surface area contributed by atoms with Gasteiger partial charge in [0.25, 0.3) is 0 Å². The summed E-state index contributed by atoms with van der Waals surface area (Å²) >= 11 is 0. The van der Waals surface area contributed by atoms with Crippen molar-refractivity contribution in [2.75, 3.05) is 5.32 Å². The van der Waals surface area contributed by atoms with E-state index in [0.717, 1.165) is 59.4 Å². The lowest BCUT2D eigenvalue weighted by Gasteiger charge is -2.20. The smallest absolute Gasteiger partial charge is 0.235 e. The molecule has 0 unspecified atom stereocenters. The van der Waals surface area contributed by atoms with Gasteiger partial charge in [-0.2, -0.15) is 0 Å². The molecule has 2 N–H and O–H groups in total. The van der Waals surface area contributed by atoms with Gasteiger partial charge < -0.3 is 10.3 Å². The lowest BCUT2D eigenvalue weighted by atomic mass is 9.80. The number of rotatable bonds is 1. The summed E-state index contributed by atoms with van der Waals surface area (Å²) in [7, 11) is 0. The number of carbonyl (C=O) groups is 1. The van der Waals surface area contributed by atoms with Crippen LogP contribution in [0.4, 0.5) is 5.69 Å². The van der Waals surface area contributed by atoms with Gasteiger partial charge in [0.05, 0.1) is 16.4 Å². The number of imidazole rings is 1. The molecule has 5 heteroatoms. The van der Waals surface area contributed by atoms with E-state index in [2.05, 4.69) is 26.3 Å². The van der Waals surface area contributed by atoms with E-state index in [0.29, 0.717) is 0 Å². The van der Waals surface area contributed by atoms with E-state index >= 15 is 0 Å². The highest BCUT2D eigenvalue weighted by molar-refractivity contribution is 6.08. The van der Waals surface area contributed by atoms with E-state index in [-0.39, 0.29) is 11.3 Å². The van der Waals surface area contributed by atoms with E-state index in [1.54, 1.807) is 12.4 Å². The molecule has 2 aromatic heterocycles. The largest absolute Gasteiger partial charge is 0.338 e. The molecular weight excluding hydrogens is 288 g/mol. The van der Waals surface area contributed by atoms with Crippen molar-refractivity contribution < 1.29 is 4.79 Å². The van der Waals surface area contributed by atoms with Gasteiger partial charge in [-0.25, -0.2) is 4.98 Å². The standard InChI is InChI=1S/C18H16N4O/c23-17-18(5-1-2-6-18)12-9-14-15(10-13(12)22-17)21-16(20-14)11-3-7-19-8-4-11/h3-4,7-10H,1-2,5-6H2,(H,20,21)(H,22,23). The van der Waals surface area contributed by atoms with Crippen LogP contribution >= 0.6 is 0 Å². The van der Waals surface area contributed by atoms with Crippen molar-refractivity contribution in [3.05, 3.63) is 42.2 Å². The van der Waals surface area contributed by atoms with Gasteiger partial charge >= 0.3 is 0 Å². The number of benzene rings is 1. The SMILES string of the molecule is O=C1Nc2cc3nc(-c4ccncc4)[nH]c3cc2C12CCCC2. The lowest BCUT2D eigenvalue weighted by molar-refractivity contribution is -0.120. The van der Waals surface area contributed by atoms with Crippen molar-refractivity contribution in [2.45, 2.75) is 31.1 Å². The van der Waals surface area contributed by atoms with Crippen LogP contribution in [-0.2, 0) is 10.2 Å². The first kappa shape index (κ1) is 12.8. The maximum absolute atomic E-state index is 12.5. The molecule has 0 bridgehead atoms. The number of nitrogens with zero attached hydrogens (tertiary/aromatic N) is 2. The Bertz CT molecular complexity index is 923. The van der Waals surface area contributed by atoms with E-state index in [4.69, 9.17) is 0 Å². The third-order valence-electron chi connectivity index (χ3n) is 5.23. The molecule has 0 radical (unpaired) electrons. The Hall–Kier alpha value is -2.69. The molecule has 0 atom stereocenters. The van der Waals surface area contributed by atoms with Crippen LogP contribution in [0.15, 0.2) is 36.7 Å². The van der Waals surface area contributed by atoms with Crippen LogP contribution < -0.4 is 5.32 Å².